The molecule has 1 aromatic carbocycles. The van der Waals surface area contributed by atoms with E-state index in [2.05, 4.69) is 4.98 Å². The molecule has 2 aliphatic heterocycles. The largest absolute Gasteiger partial charge is 0.530 e. The van der Waals surface area contributed by atoms with Gasteiger partial charge in [0.05, 0.1) is 19.3 Å². The summed E-state index contributed by atoms with van der Waals surface area (Å²) in [6.07, 6.45) is -1.13. The lowest BCUT2D eigenvalue weighted by Crippen LogP contribution is -2.33. The smallest absolute Gasteiger partial charge is 0.404 e. The predicted octanol–water partition coefficient (Wildman–Crippen LogP) is 1.54. The number of rotatable bonds is 4. The van der Waals surface area contributed by atoms with E-state index >= 15 is 0 Å². The van der Waals surface area contributed by atoms with Gasteiger partial charge < -0.3 is 14.4 Å². The fourth-order valence-corrected chi connectivity index (χ4v) is 4.51. The lowest BCUT2D eigenvalue weighted by atomic mass is 10.1. The maximum atomic E-state index is 12.8. The second kappa shape index (κ2) is 7.55. The van der Waals surface area contributed by atoms with Gasteiger partial charge in [0.1, 0.15) is 18.1 Å². The fourth-order valence-electron chi connectivity index (χ4n) is 3.30. The molecule has 2 aliphatic rings. The van der Waals surface area contributed by atoms with E-state index in [4.69, 9.17) is 18.3 Å². The van der Waals surface area contributed by atoms with Gasteiger partial charge in [-0.15, -0.1) is 0 Å². The molecule has 0 amide bonds. The van der Waals surface area contributed by atoms with Gasteiger partial charge in [0, 0.05) is 23.7 Å². The number of hydrogen-bond donors (Lipinski definition) is 2. The Labute approximate surface area is 165 Å². The highest BCUT2D eigenvalue weighted by atomic mass is 31.2. The van der Waals surface area contributed by atoms with Crippen LogP contribution in [-0.4, -0.2) is 33.5 Å². The first-order chi connectivity index (χ1) is 13.8. The van der Waals surface area contributed by atoms with Crippen molar-refractivity contribution in [3.05, 3.63) is 61.9 Å². The van der Waals surface area contributed by atoms with E-state index in [9.17, 15) is 19.3 Å². The Kier molecular flexibility index (Phi) is 5.22. The number of aryl methyl sites for hydroxylation is 2. The van der Waals surface area contributed by atoms with Gasteiger partial charge in [0.2, 0.25) is 0 Å². The minimum atomic E-state index is -3.87. The number of phosphoric acid groups is 1. The lowest BCUT2D eigenvalue weighted by Gasteiger charge is -2.26. The number of aromatic amines is 1. The van der Waals surface area contributed by atoms with Gasteiger partial charge in [0.15, 0.2) is 0 Å². The second-order valence-corrected chi connectivity index (χ2v) is 8.66. The first-order valence-corrected chi connectivity index (χ1v) is 10.5. The van der Waals surface area contributed by atoms with Crippen molar-refractivity contribution in [1.29, 1.82) is 0 Å². The molecule has 156 valence electrons. The quantitative estimate of drug-likeness (QED) is 0.707. The molecule has 1 saturated heterocycles. The summed E-state index contributed by atoms with van der Waals surface area (Å²) in [5.41, 5.74) is 0.966. The normalized spacial score (nSPS) is 28.7. The third-order valence-corrected chi connectivity index (χ3v) is 6.33. The Morgan fingerprint density at radius 2 is 2.10 bits per heavy atom. The van der Waals surface area contributed by atoms with Gasteiger partial charge in [-0.3, -0.25) is 23.4 Å². The van der Waals surface area contributed by atoms with Crippen LogP contribution in [-0.2, 0) is 25.0 Å². The van der Waals surface area contributed by atoms with Crippen LogP contribution in [0.2, 0.25) is 0 Å². The van der Waals surface area contributed by atoms with Crippen LogP contribution in [0.1, 0.15) is 29.3 Å². The van der Waals surface area contributed by atoms with Crippen LogP contribution in [0.4, 0.5) is 0 Å². The van der Waals surface area contributed by atoms with Crippen molar-refractivity contribution in [3.63, 3.8) is 0 Å². The fraction of sp³-hybridized carbons (Fsp3) is 0.444. The summed E-state index contributed by atoms with van der Waals surface area (Å²) in [5.74, 6) is 0.431. The molecule has 0 spiro atoms. The molecule has 0 radical (unpaired) electrons. The Morgan fingerprint density at radius 1 is 1.31 bits per heavy atom. The van der Waals surface area contributed by atoms with Crippen molar-refractivity contribution in [2.75, 3.05) is 6.61 Å². The summed E-state index contributed by atoms with van der Waals surface area (Å²) in [6, 6.07) is 5.36. The molecule has 4 rings (SSSR count). The van der Waals surface area contributed by atoms with E-state index in [0.29, 0.717) is 11.3 Å². The van der Waals surface area contributed by atoms with Crippen LogP contribution < -0.4 is 15.8 Å². The number of aliphatic hydroxyl groups excluding tert-OH is 1. The highest BCUT2D eigenvalue weighted by Crippen LogP contribution is 2.55. The van der Waals surface area contributed by atoms with Gasteiger partial charge in [-0.1, -0.05) is 12.1 Å². The summed E-state index contributed by atoms with van der Waals surface area (Å²) >= 11 is 0. The molecule has 29 heavy (non-hydrogen) atoms. The molecule has 1 aromatic heterocycles. The number of benzene rings is 1. The number of nitrogens with one attached hydrogen (secondary N) is 1. The molecular weight excluding hydrogens is 403 g/mol. The first-order valence-electron chi connectivity index (χ1n) is 9.08. The molecule has 2 N–H and O–H groups in total. The maximum Gasteiger partial charge on any atom is 0.530 e. The maximum absolute atomic E-state index is 12.8. The van der Waals surface area contributed by atoms with E-state index < -0.39 is 37.5 Å². The number of fused-ring (bicyclic) bond motifs is 1. The van der Waals surface area contributed by atoms with Gasteiger partial charge in [-0.2, -0.15) is 0 Å². The van der Waals surface area contributed by atoms with Gasteiger partial charge in [-0.25, -0.2) is 9.36 Å². The molecule has 10 nitrogen and oxygen atoms in total. The van der Waals surface area contributed by atoms with Crippen molar-refractivity contribution in [3.8, 4) is 5.75 Å². The van der Waals surface area contributed by atoms with E-state index in [0.717, 1.165) is 11.1 Å². The van der Waals surface area contributed by atoms with Crippen LogP contribution in [0.25, 0.3) is 0 Å². The van der Waals surface area contributed by atoms with Crippen LogP contribution in [0.3, 0.4) is 0 Å². The second-order valence-electron chi connectivity index (χ2n) is 7.07. The van der Waals surface area contributed by atoms with E-state index in [-0.39, 0.29) is 19.6 Å². The zero-order valence-corrected chi connectivity index (χ0v) is 16.8. The molecule has 2 aromatic rings. The minimum absolute atomic E-state index is 0.0854. The zero-order chi connectivity index (χ0) is 20.8. The average molecular weight is 424 g/mol. The van der Waals surface area contributed by atoms with Gasteiger partial charge in [0.25, 0.3) is 5.56 Å². The molecule has 1 fully saturated rings. The third-order valence-electron chi connectivity index (χ3n) is 5.00. The van der Waals surface area contributed by atoms with E-state index in [1.807, 2.05) is 13.0 Å². The topological polar surface area (TPSA) is 129 Å². The molecule has 0 bridgehead atoms. The Hall–Kier alpha value is -2.23. The van der Waals surface area contributed by atoms with E-state index in [1.54, 1.807) is 19.1 Å². The minimum Gasteiger partial charge on any atom is -0.404 e. The molecular formula is C18H21N2O8P. The number of aliphatic hydroxyl groups is 1. The van der Waals surface area contributed by atoms with Crippen molar-refractivity contribution in [2.45, 2.75) is 45.3 Å². The number of hydrogen-bond acceptors (Lipinski definition) is 8. The first kappa shape index (κ1) is 20.1. The Morgan fingerprint density at radius 3 is 2.90 bits per heavy atom. The van der Waals surface area contributed by atoms with Crippen LogP contribution in [0, 0.1) is 13.8 Å². The lowest BCUT2D eigenvalue weighted by molar-refractivity contribution is -0.0469. The number of ether oxygens (including phenoxy) is 1. The molecule has 0 aliphatic carbocycles. The third kappa shape index (κ3) is 3.94. The van der Waals surface area contributed by atoms with Crippen LogP contribution in [0.15, 0.2) is 34.0 Å². The summed E-state index contributed by atoms with van der Waals surface area (Å²) in [5, 5.41) is 10.3. The zero-order valence-electron chi connectivity index (χ0n) is 15.9. The van der Waals surface area contributed by atoms with Crippen molar-refractivity contribution in [1.82, 2.24) is 9.55 Å². The summed E-state index contributed by atoms with van der Waals surface area (Å²) in [6.45, 7) is 3.28. The van der Waals surface area contributed by atoms with Crippen molar-refractivity contribution < 1.29 is 28.0 Å². The molecule has 11 heteroatoms. The summed E-state index contributed by atoms with van der Waals surface area (Å²) in [4.78, 5) is 25.7. The molecule has 3 heterocycles. The van der Waals surface area contributed by atoms with Crippen LogP contribution >= 0.6 is 7.82 Å². The average Bonchev–Trinajstić information content (AvgIpc) is 3.03. The number of nitrogens with zero attached hydrogens (tertiary/aromatic N) is 1. The summed E-state index contributed by atoms with van der Waals surface area (Å²) < 4.78 is 35.8. The highest BCUT2D eigenvalue weighted by molar-refractivity contribution is 7.49. The molecule has 4 atom stereocenters. The number of aromatic nitrogens is 2. The predicted molar refractivity (Wildman–Crippen MR) is 101 cm³/mol. The Balaban J connectivity index is 1.43. The number of phosphoric ester groups is 1. The standard InChI is InChI=1S/C18H21N2O8P/c1-10-4-3-5-14-12(10)8-25-29(24,28-14)26-9-15-13(21)6-16(27-15)20-7-11(2)17(22)19-18(20)23/h3-5,7,13,15-16,21H,6,8-9H2,1-2H3,(H,19,22,23)/t13?,15-,16-,29?/m1/s1. The van der Waals surface area contributed by atoms with Gasteiger partial charge >= 0.3 is 13.5 Å². The van der Waals surface area contributed by atoms with Crippen molar-refractivity contribution in [2.24, 2.45) is 0 Å². The Bertz CT molecular complexity index is 1090. The SMILES string of the molecule is Cc1cccc2c1COP(=O)(OC[C@H]1O[C@@H](n3cc(C)c(=O)[nH]c3=O)CC1O)O2. The van der Waals surface area contributed by atoms with E-state index in [1.165, 1.54) is 10.8 Å². The van der Waals surface area contributed by atoms with Crippen molar-refractivity contribution >= 4 is 7.82 Å². The molecule has 0 saturated carbocycles. The van der Waals surface area contributed by atoms with Crippen LogP contribution in [0.5, 0.6) is 5.75 Å². The number of H-pyrrole nitrogens is 1. The monoisotopic (exact) mass is 424 g/mol. The molecule has 2 unspecified atom stereocenters. The van der Waals surface area contributed by atoms with Gasteiger partial charge in [-0.05, 0) is 25.5 Å². The summed E-state index contributed by atoms with van der Waals surface area (Å²) in [7, 11) is -3.87. The highest BCUT2D eigenvalue weighted by Gasteiger charge is 2.40.